The van der Waals surface area contributed by atoms with Gasteiger partial charge >= 0.3 is 41.8 Å². The lowest BCUT2D eigenvalue weighted by Gasteiger charge is -2.40. The first-order chi connectivity index (χ1) is 13.4. The van der Waals surface area contributed by atoms with E-state index in [0.29, 0.717) is 7.11 Å². The zero-order valence-electron chi connectivity index (χ0n) is 15.2. The maximum Gasteiger partial charge on any atom is 0.460 e. The molecule has 0 aromatic carbocycles. The van der Waals surface area contributed by atoms with Crippen LogP contribution in [0.4, 0.5) is 57.1 Å². The molecule has 17 heteroatoms. The minimum absolute atomic E-state index is 0.495. The van der Waals surface area contributed by atoms with Gasteiger partial charge in [0, 0.05) is 12.7 Å². The molecule has 0 aliphatic carbocycles. The second kappa shape index (κ2) is 8.63. The van der Waals surface area contributed by atoms with Crippen LogP contribution in [-0.4, -0.2) is 66.4 Å². The number of methoxy groups -OCH3 is 1. The number of alkyl halides is 13. The molecule has 0 saturated carbocycles. The van der Waals surface area contributed by atoms with Crippen LogP contribution in [0.15, 0.2) is 12.2 Å². The van der Waals surface area contributed by atoms with E-state index in [9.17, 15) is 67.0 Å². The molecule has 0 aromatic rings. The molecule has 0 amide bonds. The van der Waals surface area contributed by atoms with Gasteiger partial charge in [0.05, 0.1) is 6.42 Å². The number of halogens is 13. The Bertz CT molecular complexity index is 672. The molecular formula is C14H13F13O4. The second-order valence-corrected chi connectivity index (χ2v) is 6.05. The molecule has 0 aromatic heterocycles. The van der Waals surface area contributed by atoms with Crippen molar-refractivity contribution in [3.8, 4) is 0 Å². The van der Waals surface area contributed by atoms with Gasteiger partial charge in [-0.15, -0.1) is 0 Å². The molecule has 0 bridgehead atoms. The Hall–Kier alpha value is -1.78. The van der Waals surface area contributed by atoms with E-state index in [1.54, 1.807) is 0 Å². The zero-order chi connectivity index (χ0) is 25.4. The first-order valence-electron chi connectivity index (χ1n) is 7.45. The van der Waals surface area contributed by atoms with Crippen molar-refractivity contribution >= 4 is 5.97 Å². The average molecular weight is 492 g/mol. The van der Waals surface area contributed by atoms with Crippen molar-refractivity contribution in [2.45, 2.75) is 61.5 Å². The second-order valence-electron chi connectivity index (χ2n) is 6.05. The quantitative estimate of drug-likeness (QED) is 0.210. The van der Waals surface area contributed by atoms with E-state index in [0.717, 1.165) is 6.92 Å². The number of ether oxygens (including phenoxy) is 2. The summed E-state index contributed by atoms with van der Waals surface area (Å²) in [6.45, 7) is 3.78. The van der Waals surface area contributed by atoms with Crippen LogP contribution < -0.4 is 0 Å². The highest BCUT2D eigenvalue weighted by molar-refractivity contribution is 5.87. The normalized spacial score (nSPS) is 16.6. The molecule has 0 spiro atoms. The molecule has 0 fully saturated rings. The summed E-state index contributed by atoms with van der Waals surface area (Å²) in [5.41, 5.74) is -0.620. The van der Waals surface area contributed by atoms with Crippen molar-refractivity contribution < 1.29 is 76.5 Å². The summed E-state index contributed by atoms with van der Waals surface area (Å²) < 4.78 is 178. The molecule has 0 rings (SSSR count). The van der Waals surface area contributed by atoms with Crippen LogP contribution in [0.25, 0.3) is 0 Å². The third-order valence-corrected chi connectivity index (χ3v) is 3.62. The Morgan fingerprint density at radius 1 is 0.839 bits per heavy atom. The van der Waals surface area contributed by atoms with E-state index in [1.807, 2.05) is 0 Å². The number of carbonyl (C=O) groups is 1. The Balaban J connectivity index is 6.29. The van der Waals surface area contributed by atoms with Gasteiger partial charge in [0.25, 0.3) is 0 Å². The highest BCUT2D eigenvalue weighted by Gasteiger charge is 2.90. The van der Waals surface area contributed by atoms with Crippen LogP contribution in [0.5, 0.6) is 0 Å². The van der Waals surface area contributed by atoms with Crippen molar-refractivity contribution in [1.29, 1.82) is 0 Å². The molecular weight excluding hydrogens is 479 g/mol. The molecule has 0 aliphatic rings. The SMILES string of the molecule is C=C(C)C(=O)OC(CC(F)(F)C(F)(F)C(F)(F)C(F)(F)C(F)(F)C(F)(F)F)C(O)OC. The number of esters is 1. The van der Waals surface area contributed by atoms with Crippen LogP contribution in [-0.2, 0) is 14.3 Å². The first kappa shape index (κ1) is 29.2. The number of hydrogen-bond donors (Lipinski definition) is 1. The molecule has 184 valence electrons. The summed E-state index contributed by atoms with van der Waals surface area (Å²) in [4.78, 5) is 11.3. The highest BCUT2D eigenvalue weighted by atomic mass is 19.4. The Morgan fingerprint density at radius 3 is 1.55 bits per heavy atom. The largest absolute Gasteiger partial charge is 0.460 e. The molecule has 1 N–H and O–H groups in total. The molecule has 0 aliphatic heterocycles. The minimum atomic E-state index is -8.06. The number of rotatable bonds is 10. The lowest BCUT2D eigenvalue weighted by molar-refractivity contribution is -0.441. The molecule has 2 unspecified atom stereocenters. The van der Waals surface area contributed by atoms with E-state index < -0.39 is 66.1 Å². The van der Waals surface area contributed by atoms with Crippen LogP contribution in [0.1, 0.15) is 13.3 Å². The standard InChI is InChI=1S/C14H13F13O4/c1-5(2)7(28)31-6(8(29)30-3)4-9(15,16)10(17,18)11(19,20)12(21,22)13(23,24)14(25,26)27/h6,8,29H,1,4H2,2-3H3. The lowest BCUT2D eigenvalue weighted by Crippen LogP contribution is -2.70. The van der Waals surface area contributed by atoms with Gasteiger partial charge in [-0.1, -0.05) is 6.58 Å². The Labute approximate surface area is 164 Å². The first-order valence-corrected chi connectivity index (χ1v) is 7.45. The van der Waals surface area contributed by atoms with Gasteiger partial charge in [-0.25, -0.2) is 4.79 Å². The number of aliphatic hydroxyl groups excluding tert-OH is 1. The third-order valence-electron chi connectivity index (χ3n) is 3.62. The van der Waals surface area contributed by atoms with Gasteiger partial charge in [-0.2, -0.15) is 57.1 Å². The number of hydrogen-bond acceptors (Lipinski definition) is 4. The average Bonchev–Trinajstić information content (AvgIpc) is 2.58. The van der Waals surface area contributed by atoms with Crippen molar-refractivity contribution in [1.82, 2.24) is 0 Å². The van der Waals surface area contributed by atoms with Crippen molar-refractivity contribution in [3.63, 3.8) is 0 Å². The monoisotopic (exact) mass is 492 g/mol. The predicted octanol–water partition coefficient (Wildman–Crippen LogP) is 4.57. The van der Waals surface area contributed by atoms with Crippen LogP contribution in [0.3, 0.4) is 0 Å². The summed E-state index contributed by atoms with van der Waals surface area (Å²) in [5.74, 6) is -39.7. The van der Waals surface area contributed by atoms with Crippen LogP contribution >= 0.6 is 0 Å². The molecule has 2 atom stereocenters. The van der Waals surface area contributed by atoms with E-state index in [4.69, 9.17) is 0 Å². The fourth-order valence-electron chi connectivity index (χ4n) is 1.77. The summed E-state index contributed by atoms with van der Waals surface area (Å²) in [7, 11) is 0.495. The molecule has 4 nitrogen and oxygen atoms in total. The predicted molar refractivity (Wildman–Crippen MR) is 73.1 cm³/mol. The van der Waals surface area contributed by atoms with Gasteiger partial charge in [0.2, 0.25) is 0 Å². The van der Waals surface area contributed by atoms with Gasteiger partial charge in [0.15, 0.2) is 12.4 Å². The summed E-state index contributed by atoms with van der Waals surface area (Å²) in [5, 5.41) is 9.26. The zero-order valence-corrected chi connectivity index (χ0v) is 15.2. The lowest BCUT2D eigenvalue weighted by atomic mass is 9.91. The highest BCUT2D eigenvalue weighted by Crippen LogP contribution is 2.60. The van der Waals surface area contributed by atoms with Gasteiger partial charge in [0.1, 0.15) is 0 Å². The summed E-state index contributed by atoms with van der Waals surface area (Å²) in [6, 6.07) is 0. The van der Waals surface area contributed by atoms with Crippen LogP contribution in [0.2, 0.25) is 0 Å². The van der Waals surface area contributed by atoms with Gasteiger partial charge < -0.3 is 14.6 Å². The van der Waals surface area contributed by atoms with Crippen molar-refractivity contribution in [2.75, 3.05) is 7.11 Å². The topological polar surface area (TPSA) is 55.8 Å². The van der Waals surface area contributed by atoms with E-state index >= 15 is 0 Å². The Morgan fingerprint density at radius 2 is 1.23 bits per heavy atom. The molecule has 31 heavy (non-hydrogen) atoms. The van der Waals surface area contributed by atoms with Crippen molar-refractivity contribution in [2.24, 2.45) is 0 Å². The maximum absolute atomic E-state index is 13.8. The maximum atomic E-state index is 13.8. The fourth-order valence-corrected chi connectivity index (χ4v) is 1.77. The third kappa shape index (κ3) is 5.01. The molecule has 0 radical (unpaired) electrons. The van der Waals surface area contributed by atoms with Crippen LogP contribution in [0, 0.1) is 0 Å². The van der Waals surface area contributed by atoms with Gasteiger partial charge in [-0.05, 0) is 6.92 Å². The summed E-state index contributed by atoms with van der Waals surface area (Å²) in [6.07, 6.45) is -16.3. The fraction of sp³-hybridized carbons (Fsp3) is 0.786. The number of aliphatic hydroxyl groups is 1. The van der Waals surface area contributed by atoms with E-state index in [-0.39, 0.29) is 0 Å². The molecule has 0 heterocycles. The van der Waals surface area contributed by atoms with E-state index in [1.165, 1.54) is 0 Å². The minimum Gasteiger partial charge on any atom is -0.453 e. The Kier molecular flexibility index (Phi) is 8.14. The molecule has 0 saturated heterocycles. The van der Waals surface area contributed by atoms with E-state index in [2.05, 4.69) is 16.1 Å². The summed E-state index contributed by atoms with van der Waals surface area (Å²) >= 11 is 0. The smallest absolute Gasteiger partial charge is 0.453 e. The van der Waals surface area contributed by atoms with Crippen molar-refractivity contribution in [3.05, 3.63) is 12.2 Å². The van der Waals surface area contributed by atoms with Gasteiger partial charge in [-0.3, -0.25) is 0 Å². The number of carbonyl (C=O) groups excluding carboxylic acids is 1.